The first-order valence-corrected chi connectivity index (χ1v) is 11.3. The largest absolute Gasteiger partial charge is 0.457 e. The lowest BCUT2D eigenvalue weighted by Crippen LogP contribution is -2.30. The molecule has 1 fully saturated rings. The number of likely N-dealkylation sites (N-methyl/N-ethyl adjacent to an activating group) is 1. The third kappa shape index (κ3) is 5.90. The number of rotatable bonds is 8. The van der Waals surface area contributed by atoms with E-state index in [9.17, 15) is 4.79 Å². The molecule has 0 bridgehead atoms. The number of hydrogen-bond acceptors (Lipinski definition) is 7. The van der Waals surface area contributed by atoms with E-state index in [4.69, 9.17) is 10.5 Å². The molecule has 1 aliphatic rings. The van der Waals surface area contributed by atoms with Crippen LogP contribution in [0.1, 0.15) is 6.42 Å². The molecule has 1 amide bonds. The van der Waals surface area contributed by atoms with Crippen molar-refractivity contribution < 1.29 is 9.53 Å². The Balaban J connectivity index is 1.44. The van der Waals surface area contributed by atoms with Gasteiger partial charge in [-0.3, -0.25) is 4.79 Å². The first-order valence-electron chi connectivity index (χ1n) is 11.3. The molecule has 1 aromatic heterocycles. The van der Waals surface area contributed by atoms with Gasteiger partial charge in [-0.15, -0.1) is 0 Å². The first-order chi connectivity index (χ1) is 16.5. The van der Waals surface area contributed by atoms with Crippen molar-refractivity contribution in [3.05, 3.63) is 73.1 Å². The van der Waals surface area contributed by atoms with Crippen LogP contribution >= 0.6 is 0 Å². The summed E-state index contributed by atoms with van der Waals surface area (Å²) >= 11 is 0. The SMILES string of the molecule is CN(C)CC=CC(=O)N1CC[C@@H](Nc2ncnc(N)c2-c2ccc(Oc3ccccc3)cc2)C1. The van der Waals surface area contributed by atoms with Crippen LogP contribution in [0.25, 0.3) is 11.1 Å². The summed E-state index contributed by atoms with van der Waals surface area (Å²) in [6, 6.07) is 17.4. The second-order valence-electron chi connectivity index (χ2n) is 8.50. The van der Waals surface area contributed by atoms with Gasteiger partial charge in [-0.2, -0.15) is 0 Å². The highest BCUT2D eigenvalue weighted by Crippen LogP contribution is 2.33. The maximum absolute atomic E-state index is 12.5. The lowest BCUT2D eigenvalue weighted by Gasteiger charge is -2.18. The van der Waals surface area contributed by atoms with Crippen LogP contribution in [0.5, 0.6) is 11.5 Å². The lowest BCUT2D eigenvalue weighted by atomic mass is 10.1. The smallest absolute Gasteiger partial charge is 0.246 e. The van der Waals surface area contributed by atoms with Crippen LogP contribution in [-0.4, -0.2) is 65.4 Å². The van der Waals surface area contributed by atoms with Crippen LogP contribution in [0.2, 0.25) is 0 Å². The van der Waals surface area contributed by atoms with Gasteiger partial charge < -0.3 is 25.6 Å². The van der Waals surface area contributed by atoms with Crippen molar-refractivity contribution in [3.63, 3.8) is 0 Å². The number of nitrogens with zero attached hydrogens (tertiary/aromatic N) is 4. The summed E-state index contributed by atoms with van der Waals surface area (Å²) < 4.78 is 5.89. The maximum Gasteiger partial charge on any atom is 0.246 e. The number of nitrogens with two attached hydrogens (primary N) is 1. The van der Waals surface area contributed by atoms with Gasteiger partial charge in [0.1, 0.15) is 29.5 Å². The standard InChI is InChI=1S/C26H30N6O2/c1-31(2)15-6-9-23(33)32-16-14-20(17-32)30-26-24(25(27)28-18-29-26)19-10-12-22(13-11-19)34-21-7-4-3-5-8-21/h3-13,18,20H,14-17H2,1-2H3,(H3,27,28,29,30)/t20-/m1/s1. The van der Waals surface area contributed by atoms with Gasteiger partial charge in [-0.05, 0) is 50.3 Å². The van der Waals surface area contributed by atoms with Crippen LogP contribution in [-0.2, 0) is 4.79 Å². The first kappa shape index (κ1) is 23.3. The number of ether oxygens (including phenoxy) is 1. The van der Waals surface area contributed by atoms with E-state index in [1.165, 1.54) is 6.33 Å². The third-order valence-electron chi connectivity index (χ3n) is 5.57. The molecule has 3 N–H and O–H groups in total. The van der Waals surface area contributed by atoms with Gasteiger partial charge in [0.15, 0.2) is 0 Å². The predicted octanol–water partition coefficient (Wildman–Crippen LogP) is 3.65. The van der Waals surface area contributed by atoms with Crippen molar-refractivity contribution in [2.45, 2.75) is 12.5 Å². The Bertz CT molecular complexity index is 1130. The number of carbonyl (C=O) groups excluding carboxylic acids is 1. The van der Waals surface area contributed by atoms with Gasteiger partial charge in [0.05, 0.1) is 5.56 Å². The third-order valence-corrected chi connectivity index (χ3v) is 5.57. The molecule has 8 heteroatoms. The highest BCUT2D eigenvalue weighted by atomic mass is 16.5. The summed E-state index contributed by atoms with van der Waals surface area (Å²) in [6.07, 6.45) is 5.82. The van der Waals surface area contributed by atoms with E-state index in [1.54, 1.807) is 6.08 Å². The van der Waals surface area contributed by atoms with E-state index >= 15 is 0 Å². The average molecular weight is 459 g/mol. The summed E-state index contributed by atoms with van der Waals surface area (Å²) in [6.45, 7) is 2.04. The molecular weight excluding hydrogens is 428 g/mol. The summed E-state index contributed by atoms with van der Waals surface area (Å²) in [5, 5.41) is 3.47. The Morgan fingerprint density at radius 1 is 1.15 bits per heavy atom. The van der Waals surface area contributed by atoms with Crippen molar-refractivity contribution in [3.8, 4) is 22.6 Å². The quantitative estimate of drug-likeness (QED) is 0.498. The maximum atomic E-state index is 12.5. The highest BCUT2D eigenvalue weighted by Gasteiger charge is 2.26. The number of para-hydroxylation sites is 1. The Morgan fingerprint density at radius 3 is 2.62 bits per heavy atom. The fourth-order valence-corrected chi connectivity index (χ4v) is 3.85. The molecule has 34 heavy (non-hydrogen) atoms. The number of likely N-dealkylation sites (tertiary alicyclic amines) is 1. The van der Waals surface area contributed by atoms with Crippen molar-refractivity contribution in [2.24, 2.45) is 0 Å². The summed E-state index contributed by atoms with van der Waals surface area (Å²) in [5.41, 5.74) is 7.87. The minimum absolute atomic E-state index is 0.0302. The molecule has 1 aliphatic heterocycles. The zero-order valence-electron chi connectivity index (χ0n) is 19.5. The fourth-order valence-electron chi connectivity index (χ4n) is 3.85. The zero-order chi connectivity index (χ0) is 23.9. The molecule has 4 rings (SSSR count). The van der Waals surface area contributed by atoms with Crippen molar-refractivity contribution in [1.82, 2.24) is 19.8 Å². The average Bonchev–Trinajstić information content (AvgIpc) is 3.29. The number of hydrogen-bond donors (Lipinski definition) is 2. The molecule has 0 aliphatic carbocycles. The minimum atomic E-state index is 0.0302. The van der Waals surface area contributed by atoms with E-state index in [1.807, 2.05) is 84.6 Å². The van der Waals surface area contributed by atoms with Crippen molar-refractivity contribution >= 4 is 17.5 Å². The van der Waals surface area contributed by atoms with Gasteiger partial charge in [0.25, 0.3) is 0 Å². The van der Waals surface area contributed by atoms with Gasteiger partial charge >= 0.3 is 0 Å². The van der Waals surface area contributed by atoms with E-state index < -0.39 is 0 Å². The Hall–Kier alpha value is -3.91. The summed E-state index contributed by atoms with van der Waals surface area (Å²) in [4.78, 5) is 25.0. The summed E-state index contributed by atoms with van der Waals surface area (Å²) in [7, 11) is 3.94. The number of benzene rings is 2. The Kier molecular flexibility index (Phi) is 7.39. The van der Waals surface area contributed by atoms with E-state index in [0.717, 1.165) is 35.6 Å². The number of carbonyl (C=O) groups is 1. The molecule has 0 saturated carbocycles. The number of nitrogens with one attached hydrogen (secondary N) is 1. The van der Waals surface area contributed by atoms with Gasteiger partial charge in [-0.25, -0.2) is 9.97 Å². The van der Waals surface area contributed by atoms with Crippen LogP contribution < -0.4 is 15.8 Å². The van der Waals surface area contributed by atoms with Crippen LogP contribution in [0.15, 0.2) is 73.1 Å². The predicted molar refractivity (Wildman–Crippen MR) is 135 cm³/mol. The Labute approximate surface area is 200 Å². The number of anilines is 2. The normalized spacial score (nSPS) is 15.7. The number of nitrogen functional groups attached to an aromatic ring is 1. The molecule has 0 unspecified atom stereocenters. The monoisotopic (exact) mass is 458 g/mol. The molecule has 2 heterocycles. The second kappa shape index (κ2) is 10.8. The Morgan fingerprint density at radius 2 is 1.88 bits per heavy atom. The molecule has 1 atom stereocenters. The fraction of sp³-hybridized carbons (Fsp3) is 0.269. The van der Waals surface area contributed by atoms with E-state index in [-0.39, 0.29) is 11.9 Å². The van der Waals surface area contributed by atoms with Gasteiger partial charge in [0.2, 0.25) is 5.91 Å². The van der Waals surface area contributed by atoms with Crippen LogP contribution in [0.4, 0.5) is 11.6 Å². The van der Waals surface area contributed by atoms with E-state index in [0.29, 0.717) is 24.7 Å². The highest BCUT2D eigenvalue weighted by molar-refractivity contribution is 5.88. The van der Waals surface area contributed by atoms with Crippen LogP contribution in [0, 0.1) is 0 Å². The second-order valence-corrected chi connectivity index (χ2v) is 8.50. The molecule has 2 aromatic carbocycles. The van der Waals surface area contributed by atoms with Crippen molar-refractivity contribution in [1.29, 1.82) is 0 Å². The topological polar surface area (TPSA) is 96.6 Å². The molecule has 1 saturated heterocycles. The molecule has 0 radical (unpaired) electrons. The van der Waals surface area contributed by atoms with Crippen LogP contribution in [0.3, 0.4) is 0 Å². The summed E-state index contributed by atoms with van der Waals surface area (Å²) in [5.74, 6) is 2.59. The van der Waals surface area contributed by atoms with E-state index in [2.05, 4.69) is 15.3 Å². The molecular formula is C26H30N6O2. The lowest BCUT2D eigenvalue weighted by molar-refractivity contribution is -0.125. The minimum Gasteiger partial charge on any atom is -0.457 e. The molecule has 3 aromatic rings. The van der Waals surface area contributed by atoms with Gasteiger partial charge in [-0.1, -0.05) is 36.4 Å². The number of aromatic nitrogens is 2. The van der Waals surface area contributed by atoms with Crippen molar-refractivity contribution in [2.75, 3.05) is 44.8 Å². The molecule has 8 nitrogen and oxygen atoms in total. The molecule has 176 valence electrons. The number of amides is 1. The molecule has 0 spiro atoms. The van der Waals surface area contributed by atoms with Gasteiger partial charge in [0, 0.05) is 31.8 Å². The zero-order valence-corrected chi connectivity index (χ0v) is 19.5.